The summed E-state index contributed by atoms with van der Waals surface area (Å²) in [5.74, 6) is 1.10. The van der Waals surface area contributed by atoms with Crippen LogP contribution in [0, 0.1) is 22.7 Å². The Labute approximate surface area is 230 Å². The molecule has 1 aliphatic heterocycles. The van der Waals surface area contributed by atoms with Gasteiger partial charge in [-0.1, -0.05) is 130 Å². The normalized spacial score (nSPS) is 28.3. The van der Waals surface area contributed by atoms with Gasteiger partial charge in [0.1, 0.15) is 11.6 Å². The van der Waals surface area contributed by atoms with Crippen molar-refractivity contribution in [3.63, 3.8) is 0 Å². The number of fused-ring (bicyclic) bond motifs is 2. The second kappa shape index (κ2) is 17.8. The Morgan fingerprint density at radius 3 is 1.32 bits per heavy atom. The largest absolute Gasteiger partial charge is 0.379 e. The lowest BCUT2D eigenvalue weighted by Crippen LogP contribution is -2.57. The maximum Gasteiger partial charge on any atom is 0.149 e. The Bertz CT molecular complexity index is 593. The summed E-state index contributed by atoms with van der Waals surface area (Å²) in [4.78, 5) is 29.0. The van der Waals surface area contributed by atoms with Crippen molar-refractivity contribution in [3.8, 4) is 0 Å². The van der Waals surface area contributed by atoms with Gasteiger partial charge in [0.15, 0.2) is 0 Å². The fourth-order valence-corrected chi connectivity index (χ4v) is 7.40. The molecule has 1 saturated heterocycles. The molecule has 3 nitrogen and oxygen atoms in total. The molecule has 2 rings (SSSR count). The predicted molar refractivity (Wildman–Crippen MR) is 157 cm³/mol. The summed E-state index contributed by atoms with van der Waals surface area (Å²) < 4.78 is 6.45. The highest BCUT2D eigenvalue weighted by molar-refractivity contribution is 5.94. The highest BCUT2D eigenvalue weighted by Crippen LogP contribution is 2.52. The molecule has 4 unspecified atom stereocenters. The molecule has 0 N–H and O–H groups in total. The third-order valence-corrected chi connectivity index (χ3v) is 9.63. The van der Waals surface area contributed by atoms with Crippen molar-refractivity contribution in [1.82, 2.24) is 0 Å². The highest BCUT2D eigenvalue weighted by Gasteiger charge is 2.57. The quantitative estimate of drug-likeness (QED) is 0.151. The lowest BCUT2D eigenvalue weighted by atomic mass is 9.55. The SMILES string of the molecule is CCCCCCC1CC2(CCCCCC)COCC(CCCCCC)(CC(CCCCCC)C1=O)C2=O. The van der Waals surface area contributed by atoms with E-state index in [4.69, 9.17) is 4.74 Å². The Kier molecular flexibility index (Phi) is 15.6. The van der Waals surface area contributed by atoms with E-state index in [0.29, 0.717) is 24.8 Å². The van der Waals surface area contributed by atoms with E-state index in [1.165, 1.54) is 77.0 Å². The van der Waals surface area contributed by atoms with Gasteiger partial charge >= 0.3 is 0 Å². The molecule has 0 amide bonds. The van der Waals surface area contributed by atoms with Crippen molar-refractivity contribution in [3.05, 3.63) is 0 Å². The van der Waals surface area contributed by atoms with Gasteiger partial charge in [-0.2, -0.15) is 0 Å². The zero-order valence-electron chi connectivity index (χ0n) is 25.4. The minimum Gasteiger partial charge on any atom is -0.379 e. The Morgan fingerprint density at radius 2 is 0.946 bits per heavy atom. The molecule has 4 atom stereocenters. The van der Waals surface area contributed by atoms with Crippen molar-refractivity contribution in [2.75, 3.05) is 13.2 Å². The molecule has 0 radical (unpaired) electrons. The fraction of sp³-hybridized carbons (Fsp3) is 0.941. The molecule has 0 spiro atoms. The summed E-state index contributed by atoms with van der Waals surface area (Å²) in [5, 5.41) is 0. The topological polar surface area (TPSA) is 43.4 Å². The number of rotatable bonds is 20. The number of carbonyl (C=O) groups is 2. The average Bonchev–Trinajstić information content (AvgIpc) is 2.90. The van der Waals surface area contributed by atoms with Gasteiger partial charge in [-0.15, -0.1) is 0 Å². The van der Waals surface area contributed by atoms with E-state index in [2.05, 4.69) is 27.7 Å². The van der Waals surface area contributed by atoms with Crippen LogP contribution in [0.4, 0.5) is 0 Å². The van der Waals surface area contributed by atoms with E-state index in [1.807, 2.05) is 0 Å². The third-order valence-electron chi connectivity index (χ3n) is 9.63. The van der Waals surface area contributed by atoms with Crippen LogP contribution < -0.4 is 0 Å². The van der Waals surface area contributed by atoms with Crippen molar-refractivity contribution in [1.29, 1.82) is 0 Å². The maximum atomic E-state index is 14.7. The van der Waals surface area contributed by atoms with E-state index in [-0.39, 0.29) is 11.8 Å². The molecule has 2 aliphatic rings. The lowest BCUT2D eigenvalue weighted by molar-refractivity contribution is -0.171. The second-order valence-corrected chi connectivity index (χ2v) is 12.9. The average molecular weight is 519 g/mol. The first kappa shape index (κ1) is 32.5. The first-order chi connectivity index (χ1) is 18.0. The van der Waals surface area contributed by atoms with Crippen LogP contribution in [0.5, 0.6) is 0 Å². The van der Waals surface area contributed by atoms with Crippen molar-refractivity contribution in [2.24, 2.45) is 22.7 Å². The van der Waals surface area contributed by atoms with Crippen LogP contribution >= 0.6 is 0 Å². The number of hydrogen-bond donors (Lipinski definition) is 0. The van der Waals surface area contributed by atoms with Crippen LogP contribution in [0.25, 0.3) is 0 Å². The molecule has 1 aliphatic carbocycles. The molecule has 0 aromatic heterocycles. The molecule has 2 bridgehead atoms. The predicted octanol–water partition coefficient (Wildman–Crippen LogP) is 10.0. The first-order valence-corrected chi connectivity index (χ1v) is 16.6. The smallest absolute Gasteiger partial charge is 0.149 e. The Balaban J connectivity index is 2.34. The minimum absolute atomic E-state index is 0.0444. The number of ether oxygens (including phenoxy) is 1. The molecule has 2 fully saturated rings. The van der Waals surface area contributed by atoms with Crippen LogP contribution in [0.15, 0.2) is 0 Å². The molecule has 216 valence electrons. The molecule has 0 aromatic carbocycles. The second-order valence-electron chi connectivity index (χ2n) is 12.9. The molecule has 1 heterocycles. The summed E-state index contributed by atoms with van der Waals surface area (Å²) in [6, 6.07) is 0. The van der Waals surface area contributed by atoms with E-state index >= 15 is 0 Å². The summed E-state index contributed by atoms with van der Waals surface area (Å²) >= 11 is 0. The molecular weight excluding hydrogens is 456 g/mol. The van der Waals surface area contributed by atoms with Gasteiger partial charge in [0.05, 0.1) is 24.0 Å². The summed E-state index contributed by atoms with van der Waals surface area (Å²) in [7, 11) is 0. The van der Waals surface area contributed by atoms with Gasteiger partial charge in [0, 0.05) is 11.8 Å². The summed E-state index contributed by atoms with van der Waals surface area (Å²) in [6.07, 6.45) is 24.3. The van der Waals surface area contributed by atoms with Gasteiger partial charge in [-0.3, -0.25) is 9.59 Å². The number of carbonyl (C=O) groups excluding carboxylic acids is 2. The van der Waals surface area contributed by atoms with Crippen LogP contribution in [-0.4, -0.2) is 24.8 Å². The zero-order chi connectivity index (χ0) is 27.0. The highest BCUT2D eigenvalue weighted by atomic mass is 16.5. The fourth-order valence-electron chi connectivity index (χ4n) is 7.40. The maximum absolute atomic E-state index is 14.7. The summed E-state index contributed by atoms with van der Waals surface area (Å²) in [6.45, 7) is 10.1. The monoisotopic (exact) mass is 518 g/mol. The Hall–Kier alpha value is -0.700. The van der Waals surface area contributed by atoms with Gasteiger partial charge in [0.2, 0.25) is 0 Å². The van der Waals surface area contributed by atoms with E-state index < -0.39 is 10.8 Å². The van der Waals surface area contributed by atoms with E-state index in [9.17, 15) is 9.59 Å². The van der Waals surface area contributed by atoms with Crippen LogP contribution in [0.3, 0.4) is 0 Å². The lowest BCUT2D eigenvalue weighted by Gasteiger charge is -2.51. The van der Waals surface area contributed by atoms with Crippen LogP contribution in [-0.2, 0) is 14.3 Å². The van der Waals surface area contributed by atoms with Gasteiger partial charge in [-0.25, -0.2) is 0 Å². The van der Waals surface area contributed by atoms with Crippen molar-refractivity contribution in [2.45, 2.75) is 169 Å². The molecule has 0 aromatic rings. The van der Waals surface area contributed by atoms with Gasteiger partial charge < -0.3 is 4.74 Å². The number of Topliss-reactive ketones (excluding diaryl/α,β-unsaturated/α-hetero) is 2. The number of unbranched alkanes of at least 4 members (excludes halogenated alkanes) is 12. The molecule has 37 heavy (non-hydrogen) atoms. The van der Waals surface area contributed by atoms with Crippen LogP contribution in [0.2, 0.25) is 0 Å². The van der Waals surface area contributed by atoms with E-state index in [0.717, 1.165) is 64.2 Å². The molecular formula is C34H62O3. The molecule has 1 saturated carbocycles. The molecule has 3 heteroatoms. The third kappa shape index (κ3) is 9.77. The van der Waals surface area contributed by atoms with Gasteiger partial charge in [0.25, 0.3) is 0 Å². The van der Waals surface area contributed by atoms with Gasteiger partial charge in [-0.05, 0) is 38.5 Å². The summed E-state index contributed by atoms with van der Waals surface area (Å²) in [5.41, 5.74) is -0.871. The standard InChI is InChI=1S/C34H62O3/c1-5-9-13-17-21-29-25-33(23-19-15-11-7-3)27-37-28-34(32(33)36,24-20-16-12-8-4)26-30(31(29)35)22-18-14-10-6-2/h29-30H,5-28H2,1-4H3. The zero-order valence-corrected chi connectivity index (χ0v) is 25.4. The number of ketones is 2. The van der Waals surface area contributed by atoms with Crippen LogP contribution in [0.1, 0.15) is 169 Å². The van der Waals surface area contributed by atoms with E-state index in [1.54, 1.807) is 0 Å². The Morgan fingerprint density at radius 1 is 0.568 bits per heavy atom. The minimum atomic E-state index is -0.436. The van der Waals surface area contributed by atoms with Crippen molar-refractivity contribution >= 4 is 11.6 Å². The first-order valence-electron chi connectivity index (χ1n) is 16.6. The van der Waals surface area contributed by atoms with Crippen molar-refractivity contribution < 1.29 is 14.3 Å². The number of hydrogen-bond acceptors (Lipinski definition) is 3.